The smallest absolute Gasteiger partial charge is 0.252 e. The molecule has 1 aliphatic rings. The average molecular weight is 380 g/mol. The van der Waals surface area contributed by atoms with Gasteiger partial charge in [-0.05, 0) is 37.1 Å². The second kappa shape index (κ2) is 8.43. The number of benzene rings is 1. The van der Waals surface area contributed by atoms with Crippen molar-refractivity contribution in [2.45, 2.75) is 48.1 Å². The number of carbonyl (C=O) groups excluding carboxylic acids is 1. The number of methoxy groups -OCH3 is 1. The van der Waals surface area contributed by atoms with E-state index in [2.05, 4.69) is 10.6 Å². The van der Waals surface area contributed by atoms with Gasteiger partial charge >= 0.3 is 0 Å². The molecule has 128 valence electrons. The summed E-state index contributed by atoms with van der Waals surface area (Å²) in [6.07, 6.45) is 4.83. The predicted octanol–water partition coefficient (Wildman–Crippen LogP) is 4.04. The van der Waals surface area contributed by atoms with E-state index in [4.69, 9.17) is 39.5 Å². The predicted molar refractivity (Wildman–Crippen MR) is 94.5 cm³/mol. The summed E-state index contributed by atoms with van der Waals surface area (Å²) in [5.41, 5.74) is 0.482. The van der Waals surface area contributed by atoms with E-state index in [9.17, 15) is 4.79 Å². The summed E-state index contributed by atoms with van der Waals surface area (Å²) in [5.74, 6) is 0.382. The van der Waals surface area contributed by atoms with E-state index in [1.54, 1.807) is 31.4 Å². The lowest BCUT2D eigenvalue weighted by atomic mass is 9.95. The molecule has 1 amide bonds. The van der Waals surface area contributed by atoms with Gasteiger partial charge in [0.25, 0.3) is 5.91 Å². The van der Waals surface area contributed by atoms with Gasteiger partial charge in [-0.15, -0.1) is 0 Å². The summed E-state index contributed by atoms with van der Waals surface area (Å²) >= 11 is 18.1. The number of halogens is 3. The van der Waals surface area contributed by atoms with Gasteiger partial charge in [-0.2, -0.15) is 0 Å². The highest BCUT2D eigenvalue weighted by Gasteiger charge is 2.35. The standard InChI is InChI=1S/C16H21Cl3N2O2/c1-23-13-9-7-11(8-10-13)14(22)21-15(16(17,18)19)20-12-5-3-2-4-6-12/h7-10,12,15,20H,2-6H2,1H3,(H,21,22)/t15-/m1/s1. The first-order chi connectivity index (χ1) is 10.9. The topological polar surface area (TPSA) is 50.4 Å². The molecule has 0 heterocycles. The molecule has 0 aromatic heterocycles. The lowest BCUT2D eigenvalue weighted by molar-refractivity contribution is 0.0924. The maximum atomic E-state index is 12.4. The largest absolute Gasteiger partial charge is 0.497 e. The highest BCUT2D eigenvalue weighted by atomic mass is 35.6. The lowest BCUT2D eigenvalue weighted by Crippen LogP contribution is -2.56. The molecule has 2 rings (SSSR count). The second-order valence-corrected chi connectivity index (χ2v) is 8.05. The number of hydrogen-bond donors (Lipinski definition) is 2. The molecule has 1 atom stereocenters. The quantitative estimate of drug-likeness (QED) is 0.599. The molecule has 2 N–H and O–H groups in total. The minimum Gasteiger partial charge on any atom is -0.497 e. The van der Waals surface area contributed by atoms with Crippen molar-refractivity contribution in [1.82, 2.24) is 10.6 Å². The van der Waals surface area contributed by atoms with Gasteiger partial charge in [0, 0.05) is 11.6 Å². The van der Waals surface area contributed by atoms with Gasteiger partial charge in [0.05, 0.1) is 7.11 Å². The van der Waals surface area contributed by atoms with Crippen molar-refractivity contribution < 1.29 is 9.53 Å². The van der Waals surface area contributed by atoms with Crippen LogP contribution >= 0.6 is 34.8 Å². The van der Waals surface area contributed by atoms with Gasteiger partial charge in [-0.3, -0.25) is 10.1 Å². The number of alkyl halides is 3. The van der Waals surface area contributed by atoms with Crippen LogP contribution in [-0.2, 0) is 0 Å². The molecular formula is C16H21Cl3N2O2. The van der Waals surface area contributed by atoms with Crippen molar-refractivity contribution in [3.63, 3.8) is 0 Å². The van der Waals surface area contributed by atoms with Gasteiger partial charge in [0.15, 0.2) is 0 Å². The van der Waals surface area contributed by atoms with Crippen LogP contribution in [0, 0.1) is 0 Å². The number of carbonyl (C=O) groups is 1. The molecule has 23 heavy (non-hydrogen) atoms. The third kappa shape index (κ3) is 5.71. The summed E-state index contributed by atoms with van der Waals surface area (Å²) in [4.78, 5) is 12.4. The number of ether oxygens (including phenoxy) is 1. The van der Waals surface area contributed by atoms with E-state index in [1.807, 2.05) is 0 Å². The molecule has 1 aliphatic carbocycles. The van der Waals surface area contributed by atoms with E-state index in [1.165, 1.54) is 6.42 Å². The Morgan fingerprint density at radius 1 is 1.17 bits per heavy atom. The van der Waals surface area contributed by atoms with Crippen LogP contribution in [0.25, 0.3) is 0 Å². The number of rotatable bonds is 5. The summed E-state index contributed by atoms with van der Waals surface area (Å²) in [6, 6.07) is 7.02. The number of amides is 1. The summed E-state index contributed by atoms with van der Waals surface area (Å²) in [5, 5.41) is 6.04. The Labute approximate surface area is 151 Å². The zero-order valence-electron chi connectivity index (χ0n) is 13.0. The van der Waals surface area contributed by atoms with Crippen LogP contribution in [0.15, 0.2) is 24.3 Å². The van der Waals surface area contributed by atoms with Crippen LogP contribution in [0.3, 0.4) is 0 Å². The van der Waals surface area contributed by atoms with Crippen molar-refractivity contribution in [2.24, 2.45) is 0 Å². The maximum absolute atomic E-state index is 12.4. The number of nitrogens with one attached hydrogen (secondary N) is 2. The molecular weight excluding hydrogens is 359 g/mol. The highest BCUT2D eigenvalue weighted by molar-refractivity contribution is 6.68. The average Bonchev–Trinajstić information content (AvgIpc) is 2.54. The summed E-state index contributed by atoms with van der Waals surface area (Å²) < 4.78 is 3.45. The Hall–Kier alpha value is -0.680. The molecule has 0 aliphatic heterocycles. The third-order valence-corrected chi connectivity index (χ3v) is 4.62. The Morgan fingerprint density at radius 3 is 2.30 bits per heavy atom. The van der Waals surface area contributed by atoms with E-state index >= 15 is 0 Å². The fraction of sp³-hybridized carbons (Fsp3) is 0.562. The molecule has 0 spiro atoms. The Kier molecular flexibility index (Phi) is 6.84. The summed E-state index contributed by atoms with van der Waals surface area (Å²) in [7, 11) is 1.57. The number of hydrogen-bond acceptors (Lipinski definition) is 3. The van der Waals surface area contributed by atoms with Crippen molar-refractivity contribution in [1.29, 1.82) is 0 Å². The Bertz CT molecular complexity index is 511. The minimum absolute atomic E-state index is 0.251. The Balaban J connectivity index is 2.02. The normalized spacial score (nSPS) is 17.6. The van der Waals surface area contributed by atoms with Crippen LogP contribution in [0.2, 0.25) is 0 Å². The van der Waals surface area contributed by atoms with Crippen molar-refractivity contribution in [2.75, 3.05) is 7.11 Å². The van der Waals surface area contributed by atoms with Gasteiger partial charge in [0.2, 0.25) is 3.79 Å². The van der Waals surface area contributed by atoms with E-state index < -0.39 is 9.96 Å². The minimum atomic E-state index is -1.63. The van der Waals surface area contributed by atoms with Crippen molar-refractivity contribution >= 4 is 40.7 Å². The SMILES string of the molecule is COc1ccc(C(=O)N[C@@H](NC2CCCCC2)C(Cl)(Cl)Cl)cc1. The highest BCUT2D eigenvalue weighted by Crippen LogP contribution is 2.31. The molecule has 4 nitrogen and oxygen atoms in total. The molecule has 1 aromatic rings. The maximum Gasteiger partial charge on any atom is 0.252 e. The monoisotopic (exact) mass is 378 g/mol. The van der Waals surface area contributed by atoms with E-state index in [0.29, 0.717) is 11.3 Å². The molecule has 7 heteroatoms. The van der Waals surface area contributed by atoms with Crippen molar-refractivity contribution in [3.8, 4) is 5.75 Å². The zero-order chi connectivity index (χ0) is 16.9. The molecule has 1 saturated carbocycles. The summed E-state index contributed by atoms with van der Waals surface area (Å²) in [6.45, 7) is 0. The zero-order valence-corrected chi connectivity index (χ0v) is 15.2. The first-order valence-electron chi connectivity index (χ1n) is 7.68. The molecule has 0 radical (unpaired) electrons. The molecule has 0 bridgehead atoms. The molecule has 1 aromatic carbocycles. The van der Waals surface area contributed by atoms with Crippen LogP contribution in [0.4, 0.5) is 0 Å². The van der Waals surface area contributed by atoms with Gasteiger partial charge in [-0.1, -0.05) is 54.1 Å². The van der Waals surface area contributed by atoms with E-state index in [0.717, 1.165) is 25.7 Å². The van der Waals surface area contributed by atoms with Gasteiger partial charge in [0.1, 0.15) is 11.9 Å². The van der Waals surface area contributed by atoms with Crippen LogP contribution in [0.1, 0.15) is 42.5 Å². The van der Waals surface area contributed by atoms with Crippen LogP contribution in [0.5, 0.6) is 5.75 Å². The fourth-order valence-corrected chi connectivity index (χ4v) is 3.03. The fourth-order valence-electron chi connectivity index (χ4n) is 2.68. The Morgan fingerprint density at radius 2 is 1.78 bits per heavy atom. The van der Waals surface area contributed by atoms with E-state index in [-0.39, 0.29) is 11.9 Å². The molecule has 1 fully saturated rings. The molecule has 0 unspecified atom stereocenters. The molecule has 0 saturated heterocycles. The van der Waals surface area contributed by atoms with Crippen LogP contribution < -0.4 is 15.4 Å². The lowest BCUT2D eigenvalue weighted by Gasteiger charge is -2.32. The second-order valence-electron chi connectivity index (χ2n) is 5.68. The van der Waals surface area contributed by atoms with Crippen LogP contribution in [-0.4, -0.2) is 29.0 Å². The third-order valence-electron chi connectivity index (χ3n) is 3.96. The first kappa shape index (κ1) is 18.7. The van der Waals surface area contributed by atoms with Gasteiger partial charge < -0.3 is 10.1 Å². The van der Waals surface area contributed by atoms with Gasteiger partial charge in [-0.25, -0.2) is 0 Å². The first-order valence-corrected chi connectivity index (χ1v) is 8.81. The van der Waals surface area contributed by atoms with Crippen molar-refractivity contribution in [3.05, 3.63) is 29.8 Å².